The van der Waals surface area contributed by atoms with E-state index in [1.54, 1.807) is 0 Å². The Kier molecular flexibility index (Phi) is 5.63. The van der Waals surface area contributed by atoms with Crippen LogP contribution in [0, 0.1) is 0 Å². The number of carbonyl (C=O) groups excluding carboxylic acids is 1. The van der Waals surface area contributed by atoms with Gasteiger partial charge in [0.1, 0.15) is 12.0 Å². The van der Waals surface area contributed by atoms with Gasteiger partial charge in [0.2, 0.25) is 21.2 Å². The second kappa shape index (κ2) is 8.21. The van der Waals surface area contributed by atoms with Crippen LogP contribution in [-0.2, 0) is 29.7 Å². The van der Waals surface area contributed by atoms with Crippen molar-refractivity contribution in [2.24, 2.45) is 0 Å². The van der Waals surface area contributed by atoms with Crippen molar-refractivity contribution in [2.75, 3.05) is 32.4 Å². The lowest BCUT2D eigenvalue weighted by atomic mass is 10.1. The largest absolute Gasteiger partial charge is 0.464 e. The molecule has 3 heterocycles. The Bertz CT molecular complexity index is 1080. The number of benzene rings is 1. The Morgan fingerprint density at radius 2 is 1.73 bits per heavy atom. The standard InChI is InChI=1S/C20H23N3O6S/c1-30(26,27)23-8-6-22(7-9-23)20(25)29-19-14-28-17(10-18(19)24)13-21-11-15-4-2-3-5-16(15)12-21/h2-5,10,14H,6-9,11-13H2,1H3. The van der Waals surface area contributed by atoms with Gasteiger partial charge in [-0.25, -0.2) is 13.2 Å². The van der Waals surface area contributed by atoms with E-state index in [1.807, 2.05) is 12.1 Å². The van der Waals surface area contributed by atoms with Crippen LogP contribution in [0.3, 0.4) is 0 Å². The number of fused-ring (bicyclic) bond motifs is 1. The van der Waals surface area contributed by atoms with Crippen LogP contribution < -0.4 is 10.2 Å². The van der Waals surface area contributed by atoms with Gasteiger partial charge in [0, 0.05) is 45.3 Å². The minimum absolute atomic E-state index is 0.181. The summed E-state index contributed by atoms with van der Waals surface area (Å²) in [6.07, 6.45) is 1.60. The van der Waals surface area contributed by atoms with E-state index >= 15 is 0 Å². The Morgan fingerprint density at radius 1 is 1.10 bits per heavy atom. The second-order valence-electron chi connectivity index (χ2n) is 7.51. The van der Waals surface area contributed by atoms with E-state index < -0.39 is 21.5 Å². The van der Waals surface area contributed by atoms with E-state index in [2.05, 4.69) is 17.0 Å². The van der Waals surface area contributed by atoms with Crippen molar-refractivity contribution in [3.63, 3.8) is 0 Å². The predicted molar refractivity (Wildman–Crippen MR) is 108 cm³/mol. The first kappa shape index (κ1) is 20.6. The molecule has 2 aromatic rings. The molecule has 1 fully saturated rings. The summed E-state index contributed by atoms with van der Waals surface area (Å²) in [5, 5.41) is 0. The average Bonchev–Trinajstić information content (AvgIpc) is 3.11. The van der Waals surface area contributed by atoms with Gasteiger partial charge < -0.3 is 14.1 Å². The van der Waals surface area contributed by atoms with Gasteiger partial charge in [-0.05, 0) is 11.1 Å². The summed E-state index contributed by atoms with van der Waals surface area (Å²) in [7, 11) is -3.29. The first-order valence-electron chi connectivity index (χ1n) is 9.62. The van der Waals surface area contributed by atoms with Crippen molar-refractivity contribution in [3.05, 3.63) is 63.7 Å². The van der Waals surface area contributed by atoms with E-state index in [1.165, 1.54) is 26.4 Å². The smallest absolute Gasteiger partial charge is 0.415 e. The molecule has 0 N–H and O–H groups in total. The maximum Gasteiger partial charge on any atom is 0.415 e. The van der Waals surface area contributed by atoms with Crippen LogP contribution in [-0.4, -0.2) is 61.1 Å². The van der Waals surface area contributed by atoms with Crippen molar-refractivity contribution in [2.45, 2.75) is 19.6 Å². The summed E-state index contributed by atoms with van der Waals surface area (Å²) in [5.41, 5.74) is 2.10. The molecule has 0 bridgehead atoms. The normalized spacial score (nSPS) is 17.7. The van der Waals surface area contributed by atoms with Crippen LogP contribution in [0.5, 0.6) is 5.75 Å². The van der Waals surface area contributed by atoms with Crippen LogP contribution in [0.15, 0.2) is 45.8 Å². The molecule has 0 spiro atoms. The fourth-order valence-corrected chi connectivity index (χ4v) is 4.52. The lowest BCUT2D eigenvalue weighted by molar-refractivity contribution is 0.131. The molecule has 10 heteroatoms. The molecular formula is C20H23N3O6S. The van der Waals surface area contributed by atoms with Gasteiger partial charge in [0.15, 0.2) is 0 Å². The Morgan fingerprint density at radius 3 is 2.30 bits per heavy atom. The number of nitrogens with zero attached hydrogens (tertiary/aromatic N) is 3. The number of carbonyl (C=O) groups is 1. The molecule has 0 atom stereocenters. The van der Waals surface area contributed by atoms with Gasteiger partial charge in [-0.3, -0.25) is 9.69 Å². The highest BCUT2D eigenvalue weighted by atomic mass is 32.2. The van der Waals surface area contributed by atoms with Crippen molar-refractivity contribution >= 4 is 16.1 Å². The van der Waals surface area contributed by atoms with Crippen molar-refractivity contribution in [3.8, 4) is 5.75 Å². The third kappa shape index (κ3) is 4.55. The lowest BCUT2D eigenvalue weighted by Crippen LogP contribution is -2.51. The molecule has 9 nitrogen and oxygen atoms in total. The number of piperazine rings is 1. The second-order valence-corrected chi connectivity index (χ2v) is 9.49. The molecule has 1 amide bonds. The Labute approximate surface area is 174 Å². The van der Waals surface area contributed by atoms with E-state index in [0.717, 1.165) is 25.6 Å². The predicted octanol–water partition coefficient (Wildman–Crippen LogP) is 1.23. The number of amides is 1. The van der Waals surface area contributed by atoms with Gasteiger partial charge in [-0.2, -0.15) is 4.31 Å². The Balaban J connectivity index is 1.34. The average molecular weight is 433 g/mol. The maximum absolute atomic E-state index is 12.4. The van der Waals surface area contributed by atoms with Gasteiger partial charge in [-0.1, -0.05) is 24.3 Å². The number of sulfonamides is 1. The lowest BCUT2D eigenvalue weighted by Gasteiger charge is -2.32. The highest BCUT2D eigenvalue weighted by Crippen LogP contribution is 2.24. The number of hydrogen-bond acceptors (Lipinski definition) is 7. The summed E-state index contributed by atoms with van der Waals surface area (Å²) in [4.78, 5) is 28.2. The summed E-state index contributed by atoms with van der Waals surface area (Å²) < 4.78 is 35.1. The van der Waals surface area contributed by atoms with Gasteiger partial charge in [0.05, 0.1) is 12.8 Å². The fourth-order valence-electron chi connectivity index (χ4n) is 3.69. The van der Waals surface area contributed by atoms with E-state index in [4.69, 9.17) is 9.15 Å². The molecule has 0 saturated carbocycles. The topological polar surface area (TPSA) is 100 Å². The molecule has 2 aliphatic rings. The zero-order valence-electron chi connectivity index (χ0n) is 16.6. The molecule has 0 radical (unpaired) electrons. The minimum Gasteiger partial charge on any atom is -0.464 e. The van der Waals surface area contributed by atoms with Gasteiger partial charge in [-0.15, -0.1) is 0 Å². The van der Waals surface area contributed by atoms with Crippen LogP contribution in [0.2, 0.25) is 0 Å². The molecule has 1 saturated heterocycles. The van der Waals surface area contributed by atoms with Crippen LogP contribution in [0.1, 0.15) is 16.9 Å². The molecule has 1 aromatic heterocycles. The van der Waals surface area contributed by atoms with Crippen LogP contribution in [0.25, 0.3) is 0 Å². The zero-order valence-corrected chi connectivity index (χ0v) is 17.4. The fraction of sp³-hybridized carbons (Fsp3) is 0.400. The molecular weight excluding hydrogens is 410 g/mol. The molecule has 30 heavy (non-hydrogen) atoms. The SMILES string of the molecule is CS(=O)(=O)N1CCN(C(=O)Oc2coc(CN3Cc4ccccc4C3)cc2=O)CC1. The summed E-state index contributed by atoms with van der Waals surface area (Å²) in [6, 6.07) is 9.53. The van der Waals surface area contributed by atoms with Gasteiger partial charge in [0.25, 0.3) is 0 Å². The zero-order chi connectivity index (χ0) is 21.3. The Hall–Kier alpha value is -2.69. The first-order valence-corrected chi connectivity index (χ1v) is 11.5. The molecule has 1 aromatic carbocycles. The quantitative estimate of drug-likeness (QED) is 0.715. The molecule has 0 aliphatic carbocycles. The number of rotatable bonds is 4. The summed E-state index contributed by atoms with van der Waals surface area (Å²) in [5.74, 6) is 0.313. The van der Waals surface area contributed by atoms with Crippen LogP contribution >= 0.6 is 0 Å². The highest BCUT2D eigenvalue weighted by molar-refractivity contribution is 7.88. The number of hydrogen-bond donors (Lipinski definition) is 0. The third-order valence-corrected chi connectivity index (χ3v) is 6.60. The monoisotopic (exact) mass is 433 g/mol. The highest BCUT2D eigenvalue weighted by Gasteiger charge is 2.27. The summed E-state index contributed by atoms with van der Waals surface area (Å²) >= 11 is 0. The van der Waals surface area contributed by atoms with Crippen LogP contribution in [0.4, 0.5) is 4.79 Å². The molecule has 0 unspecified atom stereocenters. The van der Waals surface area contributed by atoms with E-state index in [-0.39, 0.29) is 31.9 Å². The molecule has 4 rings (SSSR count). The van der Waals surface area contributed by atoms with E-state index in [9.17, 15) is 18.0 Å². The maximum atomic E-state index is 12.4. The summed E-state index contributed by atoms with van der Waals surface area (Å²) in [6.45, 7) is 2.84. The van der Waals surface area contributed by atoms with Crippen molar-refractivity contribution in [1.82, 2.24) is 14.1 Å². The van der Waals surface area contributed by atoms with Crippen molar-refractivity contribution < 1.29 is 22.4 Å². The first-order chi connectivity index (χ1) is 14.3. The van der Waals surface area contributed by atoms with Gasteiger partial charge >= 0.3 is 6.09 Å². The molecule has 2 aliphatic heterocycles. The molecule has 160 valence electrons. The van der Waals surface area contributed by atoms with E-state index in [0.29, 0.717) is 12.3 Å². The third-order valence-electron chi connectivity index (χ3n) is 5.30. The minimum atomic E-state index is -3.29. The van der Waals surface area contributed by atoms with Crippen molar-refractivity contribution in [1.29, 1.82) is 0 Å². The number of ether oxygens (including phenoxy) is 1.